The van der Waals surface area contributed by atoms with Crippen LogP contribution in [0.1, 0.15) is 11.1 Å². The fourth-order valence-electron chi connectivity index (χ4n) is 1.97. The molecule has 1 atom stereocenters. The molecular formula is C17H18FNO3. The molecule has 0 bridgehead atoms. The first-order valence-electron chi connectivity index (χ1n) is 6.99. The maximum absolute atomic E-state index is 13.2. The summed E-state index contributed by atoms with van der Waals surface area (Å²) in [4.78, 5) is 11.7. The van der Waals surface area contributed by atoms with Crippen LogP contribution in [0.4, 0.5) is 14.9 Å². The molecule has 22 heavy (non-hydrogen) atoms. The van der Waals surface area contributed by atoms with Crippen molar-refractivity contribution in [3.8, 4) is 0 Å². The molecule has 1 amide bonds. The second-order valence-electron chi connectivity index (χ2n) is 4.87. The quantitative estimate of drug-likeness (QED) is 0.860. The van der Waals surface area contributed by atoms with Crippen LogP contribution < -0.4 is 5.32 Å². The van der Waals surface area contributed by atoms with E-state index in [0.717, 1.165) is 5.56 Å². The van der Waals surface area contributed by atoms with Gasteiger partial charge in [-0.1, -0.05) is 42.5 Å². The maximum Gasteiger partial charge on any atom is 0.411 e. The third-order valence-electron chi connectivity index (χ3n) is 3.04. The number of carbonyl (C=O) groups is 1. The van der Waals surface area contributed by atoms with Crippen LogP contribution in [-0.2, 0) is 17.8 Å². The third kappa shape index (κ3) is 5.18. The van der Waals surface area contributed by atoms with Gasteiger partial charge in [-0.2, -0.15) is 0 Å². The van der Waals surface area contributed by atoms with Crippen molar-refractivity contribution >= 4 is 11.8 Å². The molecular weight excluding hydrogens is 285 g/mol. The van der Waals surface area contributed by atoms with Crippen molar-refractivity contribution in [1.82, 2.24) is 0 Å². The number of carbonyl (C=O) groups excluding carboxylic acids is 1. The number of hydrogen-bond acceptors (Lipinski definition) is 3. The lowest BCUT2D eigenvalue weighted by Crippen LogP contribution is -2.14. The Morgan fingerprint density at radius 2 is 1.86 bits per heavy atom. The first-order valence-corrected chi connectivity index (χ1v) is 6.99. The van der Waals surface area contributed by atoms with Crippen molar-refractivity contribution in [1.29, 1.82) is 0 Å². The van der Waals surface area contributed by atoms with E-state index >= 15 is 0 Å². The van der Waals surface area contributed by atoms with Gasteiger partial charge in [0.1, 0.15) is 12.8 Å². The number of aliphatic hydroxyl groups is 1. The molecule has 0 heterocycles. The van der Waals surface area contributed by atoms with E-state index in [1.54, 1.807) is 24.3 Å². The van der Waals surface area contributed by atoms with E-state index in [4.69, 9.17) is 9.84 Å². The molecule has 0 aliphatic heterocycles. The predicted octanol–water partition coefficient (Wildman–Crippen LogP) is 3.31. The highest BCUT2D eigenvalue weighted by Crippen LogP contribution is 2.14. The number of halogens is 1. The van der Waals surface area contributed by atoms with Crippen LogP contribution in [0.2, 0.25) is 0 Å². The number of benzene rings is 2. The fourth-order valence-corrected chi connectivity index (χ4v) is 1.97. The van der Waals surface area contributed by atoms with Gasteiger partial charge in [0.2, 0.25) is 0 Å². The van der Waals surface area contributed by atoms with Gasteiger partial charge in [0.25, 0.3) is 0 Å². The minimum Gasteiger partial charge on any atom is -0.444 e. The van der Waals surface area contributed by atoms with Crippen LogP contribution in [-0.4, -0.2) is 24.0 Å². The maximum atomic E-state index is 13.2. The Kier molecular flexibility index (Phi) is 5.91. The second-order valence-corrected chi connectivity index (χ2v) is 4.87. The molecule has 0 saturated heterocycles. The number of nitrogens with one attached hydrogen (secondary N) is 1. The molecule has 0 spiro atoms. The largest absolute Gasteiger partial charge is 0.444 e. The number of ether oxygens (including phenoxy) is 1. The zero-order valence-corrected chi connectivity index (χ0v) is 12.0. The minimum atomic E-state index is -1.31. The topological polar surface area (TPSA) is 58.6 Å². The third-order valence-corrected chi connectivity index (χ3v) is 3.04. The average Bonchev–Trinajstić information content (AvgIpc) is 2.54. The van der Waals surface area contributed by atoms with Crippen LogP contribution in [0, 0.1) is 0 Å². The van der Waals surface area contributed by atoms with Crippen molar-refractivity contribution in [3.63, 3.8) is 0 Å². The van der Waals surface area contributed by atoms with Crippen LogP contribution in [0.5, 0.6) is 0 Å². The van der Waals surface area contributed by atoms with E-state index in [-0.39, 0.29) is 13.0 Å². The number of hydrogen-bond donors (Lipinski definition) is 2. The van der Waals surface area contributed by atoms with E-state index in [0.29, 0.717) is 11.3 Å². The lowest BCUT2D eigenvalue weighted by Gasteiger charge is -2.09. The molecule has 0 radical (unpaired) electrons. The van der Waals surface area contributed by atoms with Crippen LogP contribution >= 0.6 is 0 Å². The van der Waals surface area contributed by atoms with E-state index in [1.165, 1.54) is 0 Å². The molecule has 0 aliphatic carbocycles. The molecule has 2 rings (SSSR count). The molecule has 0 fully saturated rings. The van der Waals surface area contributed by atoms with Gasteiger partial charge in [0.15, 0.2) is 0 Å². The summed E-state index contributed by atoms with van der Waals surface area (Å²) in [5.74, 6) is 0. The van der Waals surface area contributed by atoms with E-state index in [9.17, 15) is 9.18 Å². The van der Waals surface area contributed by atoms with E-state index in [1.807, 2.05) is 30.3 Å². The predicted molar refractivity (Wildman–Crippen MR) is 82.4 cm³/mol. The van der Waals surface area contributed by atoms with Crippen molar-refractivity contribution < 1.29 is 19.0 Å². The molecule has 2 aromatic rings. The van der Waals surface area contributed by atoms with Crippen LogP contribution in [0.25, 0.3) is 0 Å². The fraction of sp³-hybridized carbons (Fsp3) is 0.235. The SMILES string of the molecule is O=C(Nc1cccc(CC(F)CO)c1)OCc1ccccc1. The van der Waals surface area contributed by atoms with Gasteiger partial charge in [0, 0.05) is 12.1 Å². The molecule has 1 unspecified atom stereocenters. The lowest BCUT2D eigenvalue weighted by molar-refractivity contribution is 0.155. The smallest absolute Gasteiger partial charge is 0.411 e. The van der Waals surface area contributed by atoms with Gasteiger partial charge in [-0.3, -0.25) is 5.32 Å². The summed E-state index contributed by atoms with van der Waals surface area (Å²) in [7, 11) is 0. The average molecular weight is 303 g/mol. The van der Waals surface area contributed by atoms with Crippen LogP contribution in [0.3, 0.4) is 0 Å². The number of rotatable bonds is 6. The van der Waals surface area contributed by atoms with Gasteiger partial charge < -0.3 is 9.84 Å². The van der Waals surface area contributed by atoms with Crippen molar-refractivity contribution in [2.45, 2.75) is 19.2 Å². The molecule has 0 saturated carbocycles. The Balaban J connectivity index is 1.87. The summed E-state index contributed by atoms with van der Waals surface area (Å²) in [6.45, 7) is -0.333. The van der Waals surface area contributed by atoms with Gasteiger partial charge in [-0.05, 0) is 23.3 Å². The molecule has 0 aromatic heterocycles. The summed E-state index contributed by atoms with van der Waals surface area (Å²) in [5, 5.41) is 11.3. The van der Waals surface area contributed by atoms with Gasteiger partial charge in [-0.25, -0.2) is 9.18 Å². The first kappa shape index (κ1) is 16.0. The van der Waals surface area contributed by atoms with Gasteiger partial charge in [-0.15, -0.1) is 0 Å². The van der Waals surface area contributed by atoms with Crippen LogP contribution in [0.15, 0.2) is 54.6 Å². The molecule has 2 aromatic carbocycles. The highest BCUT2D eigenvalue weighted by atomic mass is 19.1. The summed E-state index contributed by atoms with van der Waals surface area (Å²) in [6, 6.07) is 16.2. The zero-order valence-electron chi connectivity index (χ0n) is 12.0. The Morgan fingerprint density at radius 3 is 2.59 bits per heavy atom. The molecule has 0 aliphatic rings. The molecule has 2 N–H and O–H groups in total. The Morgan fingerprint density at radius 1 is 1.14 bits per heavy atom. The number of aliphatic hydroxyl groups excluding tert-OH is 1. The number of alkyl halides is 1. The Hall–Kier alpha value is -2.40. The Bertz CT molecular complexity index is 604. The molecule has 5 heteroatoms. The molecule has 4 nitrogen and oxygen atoms in total. The van der Waals surface area contributed by atoms with Gasteiger partial charge in [0.05, 0.1) is 6.61 Å². The number of anilines is 1. The normalized spacial score (nSPS) is 11.7. The molecule has 116 valence electrons. The van der Waals surface area contributed by atoms with Crippen molar-refractivity contribution in [2.75, 3.05) is 11.9 Å². The van der Waals surface area contributed by atoms with E-state index < -0.39 is 18.9 Å². The second kappa shape index (κ2) is 8.14. The lowest BCUT2D eigenvalue weighted by atomic mass is 10.1. The highest BCUT2D eigenvalue weighted by molar-refractivity contribution is 5.84. The monoisotopic (exact) mass is 303 g/mol. The van der Waals surface area contributed by atoms with E-state index in [2.05, 4.69) is 5.32 Å². The Labute approximate surface area is 128 Å². The van der Waals surface area contributed by atoms with Crippen molar-refractivity contribution in [3.05, 3.63) is 65.7 Å². The minimum absolute atomic E-state index is 0.102. The summed E-state index contributed by atoms with van der Waals surface area (Å²) < 4.78 is 18.3. The van der Waals surface area contributed by atoms with Gasteiger partial charge >= 0.3 is 6.09 Å². The zero-order chi connectivity index (χ0) is 15.8. The number of amides is 1. The summed E-state index contributed by atoms with van der Waals surface area (Å²) in [6.07, 6.45) is -1.77. The summed E-state index contributed by atoms with van der Waals surface area (Å²) in [5.41, 5.74) is 2.12. The van der Waals surface area contributed by atoms with Crippen molar-refractivity contribution in [2.24, 2.45) is 0 Å². The first-order chi connectivity index (χ1) is 10.7. The summed E-state index contributed by atoms with van der Waals surface area (Å²) >= 11 is 0. The highest BCUT2D eigenvalue weighted by Gasteiger charge is 2.08. The standard InChI is InChI=1S/C17H18FNO3/c18-15(11-20)9-14-7-4-8-16(10-14)19-17(21)22-12-13-5-2-1-3-6-13/h1-8,10,15,20H,9,11-12H2,(H,19,21).